The Kier molecular flexibility index (Phi) is 1.82. The Morgan fingerprint density at radius 2 is 2.00 bits per heavy atom. The Labute approximate surface area is 55.3 Å². The third-order valence-corrected chi connectivity index (χ3v) is 1.14. The maximum atomic E-state index is 11.8. The van der Waals surface area contributed by atoms with Gasteiger partial charge in [0, 0.05) is 7.05 Å². The Morgan fingerprint density at radius 3 is 2.20 bits per heavy atom. The van der Waals surface area contributed by atoms with Crippen LogP contribution < -0.4 is 16.5 Å². The number of nitrogens with one attached hydrogen (secondary N) is 3. The smallest absolute Gasteiger partial charge is 0.216 e. The molecule has 1 saturated heterocycles. The van der Waals surface area contributed by atoms with Gasteiger partial charge in [-0.05, 0) is 0 Å². The van der Waals surface area contributed by atoms with Gasteiger partial charge in [-0.1, -0.05) is 0 Å². The number of nitrogens with zero attached hydrogens (tertiary/aromatic N) is 1. The lowest BCUT2D eigenvalue weighted by Crippen LogP contribution is -2.47. The number of hydrazine groups is 3. The summed E-state index contributed by atoms with van der Waals surface area (Å²) in [4.78, 5) is 0. The Bertz CT molecular complexity index is 123. The Balaban J connectivity index is 2.55. The van der Waals surface area contributed by atoms with Gasteiger partial charge in [-0.25, -0.2) is 10.4 Å². The molecule has 1 fully saturated rings. The first kappa shape index (κ1) is 7.73. The van der Waals surface area contributed by atoms with Crippen molar-refractivity contribution in [3.8, 4) is 0 Å². The SMILES string of the molecule is CN1NNNC1C(F)(F)F. The van der Waals surface area contributed by atoms with Crippen molar-refractivity contribution in [3.05, 3.63) is 0 Å². The van der Waals surface area contributed by atoms with Crippen LogP contribution in [0.4, 0.5) is 13.2 Å². The Hall–Kier alpha value is -0.370. The fraction of sp³-hybridized carbons (Fsp3) is 1.00. The predicted octanol–water partition coefficient (Wildman–Crippen LogP) is -0.666. The Morgan fingerprint density at radius 1 is 1.40 bits per heavy atom. The molecule has 1 rings (SSSR count). The van der Waals surface area contributed by atoms with Gasteiger partial charge in [0.2, 0.25) is 0 Å². The van der Waals surface area contributed by atoms with Crippen molar-refractivity contribution in [2.24, 2.45) is 0 Å². The fourth-order valence-electron chi connectivity index (χ4n) is 0.652. The quantitative estimate of drug-likeness (QED) is 0.435. The summed E-state index contributed by atoms with van der Waals surface area (Å²) in [5, 5.41) is 0.889. The van der Waals surface area contributed by atoms with E-state index in [1.54, 1.807) is 0 Å². The molecule has 60 valence electrons. The molecular weight excluding hydrogens is 149 g/mol. The molecule has 0 aromatic rings. The molecule has 10 heavy (non-hydrogen) atoms. The lowest BCUT2D eigenvalue weighted by atomic mass is 10.5. The second-order valence-corrected chi connectivity index (χ2v) is 1.94. The zero-order valence-electron chi connectivity index (χ0n) is 5.16. The first-order chi connectivity index (χ1) is 4.52. The predicted molar refractivity (Wildman–Crippen MR) is 27.0 cm³/mol. The van der Waals surface area contributed by atoms with Gasteiger partial charge in [-0.15, -0.1) is 0 Å². The fourth-order valence-corrected chi connectivity index (χ4v) is 0.652. The second-order valence-electron chi connectivity index (χ2n) is 1.94. The van der Waals surface area contributed by atoms with Gasteiger partial charge >= 0.3 is 6.18 Å². The number of halogens is 3. The van der Waals surface area contributed by atoms with Crippen molar-refractivity contribution >= 4 is 0 Å². The van der Waals surface area contributed by atoms with Crippen molar-refractivity contribution < 1.29 is 13.2 Å². The highest BCUT2D eigenvalue weighted by Gasteiger charge is 2.44. The maximum Gasteiger partial charge on any atom is 0.419 e. The van der Waals surface area contributed by atoms with Gasteiger partial charge in [0.25, 0.3) is 0 Å². The van der Waals surface area contributed by atoms with E-state index >= 15 is 0 Å². The largest absolute Gasteiger partial charge is 0.419 e. The van der Waals surface area contributed by atoms with E-state index in [1.807, 2.05) is 5.43 Å². The first-order valence-corrected chi connectivity index (χ1v) is 2.57. The van der Waals surface area contributed by atoms with Crippen LogP contribution in [0.1, 0.15) is 0 Å². The zero-order valence-corrected chi connectivity index (χ0v) is 5.16. The number of rotatable bonds is 0. The molecular formula is C3H7F3N4. The van der Waals surface area contributed by atoms with E-state index in [9.17, 15) is 13.2 Å². The molecule has 0 bridgehead atoms. The van der Waals surface area contributed by atoms with Gasteiger partial charge in [0.1, 0.15) is 0 Å². The second kappa shape index (κ2) is 2.35. The minimum atomic E-state index is -4.26. The summed E-state index contributed by atoms with van der Waals surface area (Å²) in [5.41, 5.74) is 6.35. The van der Waals surface area contributed by atoms with E-state index < -0.39 is 12.3 Å². The van der Waals surface area contributed by atoms with Crippen molar-refractivity contribution in [2.45, 2.75) is 12.3 Å². The van der Waals surface area contributed by atoms with Gasteiger partial charge in [-0.2, -0.15) is 24.2 Å². The number of hydrogen-bond acceptors (Lipinski definition) is 4. The molecule has 1 heterocycles. The van der Waals surface area contributed by atoms with E-state index in [2.05, 4.69) is 11.1 Å². The maximum absolute atomic E-state index is 11.8. The summed E-state index contributed by atoms with van der Waals surface area (Å²) >= 11 is 0. The molecule has 0 aliphatic carbocycles. The highest BCUT2D eigenvalue weighted by Crippen LogP contribution is 2.21. The topological polar surface area (TPSA) is 39.3 Å². The minimum Gasteiger partial charge on any atom is -0.216 e. The lowest BCUT2D eigenvalue weighted by molar-refractivity contribution is -0.182. The van der Waals surface area contributed by atoms with Crippen LogP contribution in [0.2, 0.25) is 0 Å². The van der Waals surface area contributed by atoms with Gasteiger partial charge in [0.05, 0.1) is 0 Å². The zero-order chi connectivity index (χ0) is 7.78. The van der Waals surface area contributed by atoms with Crippen LogP contribution in [0.15, 0.2) is 0 Å². The number of alkyl halides is 3. The average Bonchev–Trinajstić information content (AvgIpc) is 2.11. The molecule has 0 aromatic carbocycles. The van der Waals surface area contributed by atoms with Crippen LogP contribution in [0.5, 0.6) is 0 Å². The van der Waals surface area contributed by atoms with E-state index in [4.69, 9.17) is 0 Å². The van der Waals surface area contributed by atoms with E-state index in [0.717, 1.165) is 5.01 Å². The molecule has 0 radical (unpaired) electrons. The van der Waals surface area contributed by atoms with Crippen LogP contribution >= 0.6 is 0 Å². The molecule has 1 unspecified atom stereocenters. The molecule has 7 heteroatoms. The van der Waals surface area contributed by atoms with E-state index in [1.165, 1.54) is 7.05 Å². The van der Waals surface area contributed by atoms with Crippen LogP contribution in [-0.2, 0) is 0 Å². The number of hydrogen-bond donors (Lipinski definition) is 3. The lowest BCUT2D eigenvalue weighted by Gasteiger charge is -2.19. The molecule has 0 spiro atoms. The molecule has 1 aliphatic heterocycles. The summed E-state index contributed by atoms with van der Waals surface area (Å²) in [6.45, 7) is 0. The van der Waals surface area contributed by atoms with Crippen LogP contribution in [0.3, 0.4) is 0 Å². The summed E-state index contributed by atoms with van der Waals surface area (Å²) < 4.78 is 35.5. The third kappa shape index (κ3) is 1.37. The molecule has 3 N–H and O–H groups in total. The summed E-state index contributed by atoms with van der Waals surface area (Å²) in [6.07, 6.45) is -5.92. The van der Waals surface area contributed by atoms with Crippen LogP contribution in [-0.4, -0.2) is 24.4 Å². The highest BCUT2D eigenvalue weighted by atomic mass is 19.4. The van der Waals surface area contributed by atoms with Crippen molar-refractivity contribution in [2.75, 3.05) is 7.05 Å². The summed E-state index contributed by atoms with van der Waals surface area (Å²) in [5.74, 6) is 0. The standard InChI is InChI=1S/C3H7F3N4/c1-10-2(3(4,5)6)7-8-9-10/h2,7-9H,1H3. The third-order valence-electron chi connectivity index (χ3n) is 1.14. The van der Waals surface area contributed by atoms with Crippen LogP contribution in [0.25, 0.3) is 0 Å². The monoisotopic (exact) mass is 156 g/mol. The van der Waals surface area contributed by atoms with Crippen molar-refractivity contribution in [1.82, 2.24) is 21.5 Å². The molecule has 0 saturated carbocycles. The molecule has 0 aromatic heterocycles. The van der Waals surface area contributed by atoms with E-state index in [0.29, 0.717) is 0 Å². The van der Waals surface area contributed by atoms with Gasteiger partial charge in [0.15, 0.2) is 6.17 Å². The summed E-state index contributed by atoms with van der Waals surface area (Å²) in [6, 6.07) is 0. The molecule has 0 amide bonds. The average molecular weight is 156 g/mol. The first-order valence-electron chi connectivity index (χ1n) is 2.57. The molecule has 1 atom stereocenters. The van der Waals surface area contributed by atoms with Gasteiger partial charge in [-0.3, -0.25) is 0 Å². The van der Waals surface area contributed by atoms with E-state index in [-0.39, 0.29) is 0 Å². The normalized spacial score (nSPS) is 29.4. The molecule has 1 aliphatic rings. The molecule has 4 nitrogen and oxygen atoms in total. The van der Waals surface area contributed by atoms with Gasteiger partial charge < -0.3 is 0 Å². The van der Waals surface area contributed by atoms with Crippen molar-refractivity contribution in [1.29, 1.82) is 0 Å². The minimum absolute atomic E-state index is 0.889. The summed E-state index contributed by atoms with van der Waals surface area (Å²) in [7, 11) is 1.28. The highest BCUT2D eigenvalue weighted by molar-refractivity contribution is 4.72. The van der Waals surface area contributed by atoms with Crippen LogP contribution in [0, 0.1) is 0 Å². The van der Waals surface area contributed by atoms with Crippen molar-refractivity contribution in [3.63, 3.8) is 0 Å².